The number of rotatable bonds is 8. The van der Waals surface area contributed by atoms with Crippen molar-refractivity contribution in [2.45, 2.75) is 18.8 Å². The van der Waals surface area contributed by atoms with E-state index < -0.39 is 6.61 Å². The van der Waals surface area contributed by atoms with Crippen molar-refractivity contribution in [2.24, 2.45) is 0 Å². The Labute approximate surface area is 163 Å². The average molecular weight is 406 g/mol. The first-order chi connectivity index (χ1) is 13.5. The van der Waals surface area contributed by atoms with Gasteiger partial charge in [-0.2, -0.15) is 8.78 Å². The molecule has 0 aliphatic heterocycles. The quantitative estimate of drug-likeness (QED) is 0.399. The molecule has 1 aromatic heterocycles. The number of aryl methyl sites for hydroxylation is 1. The van der Waals surface area contributed by atoms with Gasteiger partial charge in [0, 0.05) is 0 Å². The number of nitrogens with zero attached hydrogens (tertiary/aromatic N) is 2. The van der Waals surface area contributed by atoms with Crippen LogP contribution in [0.2, 0.25) is 0 Å². The van der Waals surface area contributed by atoms with Gasteiger partial charge >= 0.3 is 6.61 Å². The fourth-order valence-electron chi connectivity index (χ4n) is 2.46. The van der Waals surface area contributed by atoms with Gasteiger partial charge in [-0.15, -0.1) is 10.2 Å². The van der Waals surface area contributed by atoms with E-state index in [9.17, 15) is 13.6 Å². The average Bonchev–Trinajstić information content (AvgIpc) is 3.16. The number of thioether (sulfide) groups is 1. The highest BCUT2D eigenvalue weighted by Gasteiger charge is 2.19. The molecule has 3 aromatic rings. The third kappa shape index (κ3) is 4.66. The molecule has 0 spiro atoms. The van der Waals surface area contributed by atoms with Crippen LogP contribution in [0.3, 0.4) is 0 Å². The summed E-state index contributed by atoms with van der Waals surface area (Å²) >= 11 is 1.01. The number of ether oxygens (including phenoxy) is 2. The molecule has 0 saturated carbocycles. The van der Waals surface area contributed by atoms with Gasteiger partial charge in [-0.25, -0.2) is 0 Å². The molecule has 146 valence electrons. The van der Waals surface area contributed by atoms with Gasteiger partial charge in [0.2, 0.25) is 0 Å². The molecule has 0 radical (unpaired) electrons. The number of alkyl halides is 2. The minimum Gasteiger partial charge on any atom is -0.496 e. The molecule has 0 N–H and O–H groups in total. The van der Waals surface area contributed by atoms with E-state index in [2.05, 4.69) is 14.9 Å². The predicted molar refractivity (Wildman–Crippen MR) is 99.2 cm³/mol. The van der Waals surface area contributed by atoms with Crippen LogP contribution in [0.1, 0.15) is 15.9 Å². The molecule has 0 aliphatic carbocycles. The van der Waals surface area contributed by atoms with Gasteiger partial charge in [0.25, 0.3) is 11.1 Å². The largest absolute Gasteiger partial charge is 0.496 e. The molecule has 9 heteroatoms. The smallest absolute Gasteiger partial charge is 0.387 e. The van der Waals surface area contributed by atoms with Crippen LogP contribution in [0.25, 0.3) is 11.5 Å². The molecular weight excluding hydrogens is 390 g/mol. The minimum atomic E-state index is -3.01. The Morgan fingerprint density at radius 2 is 1.96 bits per heavy atom. The second kappa shape index (κ2) is 8.83. The number of para-hydroxylation sites is 1. The zero-order chi connectivity index (χ0) is 20.1. The summed E-state index contributed by atoms with van der Waals surface area (Å²) in [6, 6.07) is 11.6. The third-order valence-electron chi connectivity index (χ3n) is 3.72. The van der Waals surface area contributed by atoms with Gasteiger partial charge in [-0.3, -0.25) is 4.79 Å². The molecule has 0 unspecified atom stereocenters. The van der Waals surface area contributed by atoms with Crippen molar-refractivity contribution in [1.82, 2.24) is 10.2 Å². The number of carbonyl (C=O) groups excluding carboxylic acids is 1. The zero-order valence-electron chi connectivity index (χ0n) is 15.0. The van der Waals surface area contributed by atoms with Crippen LogP contribution >= 0.6 is 11.8 Å². The van der Waals surface area contributed by atoms with Crippen molar-refractivity contribution < 1.29 is 27.5 Å². The number of hydrogen-bond acceptors (Lipinski definition) is 7. The molecule has 0 atom stereocenters. The summed E-state index contributed by atoms with van der Waals surface area (Å²) in [7, 11) is 1.53. The van der Waals surface area contributed by atoms with E-state index >= 15 is 0 Å². The van der Waals surface area contributed by atoms with E-state index in [-0.39, 0.29) is 34.0 Å². The standard InChI is InChI=1S/C19H16F2N2O4S/c1-11-7-8-16(26-18(20)21)13(9-11)14(24)10-28-19-23-22-17(27-19)12-5-3-4-6-15(12)25-2/h3-9,18H,10H2,1-2H3. The molecule has 1 heterocycles. The molecule has 3 rings (SSSR count). The summed E-state index contributed by atoms with van der Waals surface area (Å²) in [6.45, 7) is -1.26. The first kappa shape index (κ1) is 19.8. The lowest BCUT2D eigenvalue weighted by Crippen LogP contribution is -2.10. The third-order valence-corrected chi connectivity index (χ3v) is 4.54. The highest BCUT2D eigenvalue weighted by atomic mass is 32.2. The molecule has 0 fully saturated rings. The molecule has 0 aliphatic rings. The van der Waals surface area contributed by atoms with Gasteiger partial charge in [-0.1, -0.05) is 35.5 Å². The fourth-order valence-corrected chi connectivity index (χ4v) is 3.11. The van der Waals surface area contributed by atoms with Crippen LogP contribution in [-0.2, 0) is 0 Å². The second-order valence-electron chi connectivity index (χ2n) is 5.66. The van der Waals surface area contributed by atoms with Gasteiger partial charge in [0.05, 0.1) is 24.0 Å². The Morgan fingerprint density at radius 1 is 1.18 bits per heavy atom. The number of methoxy groups -OCH3 is 1. The van der Waals surface area contributed by atoms with Gasteiger partial charge in [0.1, 0.15) is 11.5 Å². The summed E-state index contributed by atoms with van der Waals surface area (Å²) in [4.78, 5) is 12.5. The van der Waals surface area contributed by atoms with Gasteiger partial charge < -0.3 is 13.9 Å². The maximum Gasteiger partial charge on any atom is 0.387 e. The Bertz CT molecular complexity index is 978. The van der Waals surface area contributed by atoms with E-state index in [0.29, 0.717) is 11.3 Å². The van der Waals surface area contributed by atoms with Crippen molar-refractivity contribution >= 4 is 17.5 Å². The zero-order valence-corrected chi connectivity index (χ0v) is 15.8. The number of carbonyl (C=O) groups is 1. The SMILES string of the molecule is COc1ccccc1-c1nnc(SCC(=O)c2cc(C)ccc2OC(F)F)o1. The highest BCUT2D eigenvalue weighted by molar-refractivity contribution is 7.99. The van der Waals surface area contributed by atoms with Crippen LogP contribution in [0.15, 0.2) is 52.1 Å². The molecule has 2 aromatic carbocycles. The molecule has 0 bridgehead atoms. The molecule has 0 saturated heterocycles. The minimum absolute atomic E-state index is 0.0728. The monoisotopic (exact) mass is 406 g/mol. The molecular formula is C19H16F2N2O4S. The van der Waals surface area contributed by atoms with E-state index in [1.54, 1.807) is 31.2 Å². The van der Waals surface area contributed by atoms with Gasteiger partial charge in [0.15, 0.2) is 5.78 Å². The Balaban J connectivity index is 1.72. The van der Waals surface area contributed by atoms with Crippen LogP contribution in [0.5, 0.6) is 11.5 Å². The lowest BCUT2D eigenvalue weighted by Gasteiger charge is -2.10. The maximum absolute atomic E-state index is 12.6. The summed E-state index contributed by atoms with van der Waals surface area (Å²) in [5.74, 6) is 0.209. The van der Waals surface area contributed by atoms with Crippen molar-refractivity contribution in [3.05, 3.63) is 53.6 Å². The number of halogens is 2. The van der Waals surface area contributed by atoms with Crippen LogP contribution in [-0.4, -0.2) is 35.5 Å². The number of aromatic nitrogens is 2. The van der Waals surface area contributed by atoms with E-state index in [4.69, 9.17) is 9.15 Å². The van der Waals surface area contributed by atoms with E-state index in [1.165, 1.54) is 19.2 Å². The summed E-state index contributed by atoms with van der Waals surface area (Å²) in [6.07, 6.45) is 0. The number of hydrogen-bond donors (Lipinski definition) is 0. The van der Waals surface area contributed by atoms with E-state index in [0.717, 1.165) is 17.3 Å². The maximum atomic E-state index is 12.6. The predicted octanol–water partition coefficient (Wildman–Crippen LogP) is 4.63. The van der Waals surface area contributed by atoms with Crippen LogP contribution in [0.4, 0.5) is 8.78 Å². The fraction of sp³-hybridized carbons (Fsp3) is 0.211. The first-order valence-corrected chi connectivity index (χ1v) is 9.15. The Morgan fingerprint density at radius 3 is 2.71 bits per heavy atom. The summed E-state index contributed by atoms with van der Waals surface area (Å²) < 4.78 is 40.4. The normalized spacial score (nSPS) is 10.9. The summed E-state index contributed by atoms with van der Waals surface area (Å²) in [5.41, 5.74) is 1.46. The first-order valence-electron chi connectivity index (χ1n) is 8.16. The van der Waals surface area contributed by atoms with Crippen molar-refractivity contribution in [1.29, 1.82) is 0 Å². The van der Waals surface area contributed by atoms with Crippen LogP contribution in [0, 0.1) is 6.92 Å². The van der Waals surface area contributed by atoms with Crippen LogP contribution < -0.4 is 9.47 Å². The van der Waals surface area contributed by atoms with Crippen molar-refractivity contribution in [3.8, 4) is 23.0 Å². The van der Waals surface area contributed by atoms with Crippen molar-refractivity contribution in [2.75, 3.05) is 12.9 Å². The Kier molecular flexibility index (Phi) is 6.25. The second-order valence-corrected chi connectivity index (χ2v) is 6.59. The molecule has 6 nitrogen and oxygen atoms in total. The number of Topliss-reactive ketones (excluding diaryl/α,β-unsaturated/α-hetero) is 1. The topological polar surface area (TPSA) is 74.5 Å². The van der Waals surface area contributed by atoms with Crippen molar-refractivity contribution in [3.63, 3.8) is 0 Å². The van der Waals surface area contributed by atoms with Gasteiger partial charge in [-0.05, 0) is 31.2 Å². The number of ketones is 1. The lowest BCUT2D eigenvalue weighted by molar-refractivity contribution is -0.0501. The Hall–Kier alpha value is -2.94. The molecule has 28 heavy (non-hydrogen) atoms. The molecule has 0 amide bonds. The highest BCUT2D eigenvalue weighted by Crippen LogP contribution is 2.31. The number of benzene rings is 2. The lowest BCUT2D eigenvalue weighted by atomic mass is 10.1. The van der Waals surface area contributed by atoms with E-state index in [1.807, 2.05) is 6.07 Å². The summed E-state index contributed by atoms with van der Waals surface area (Å²) in [5, 5.41) is 8.05.